The van der Waals surface area contributed by atoms with Crippen LogP contribution in [0.4, 0.5) is 17.1 Å². The van der Waals surface area contributed by atoms with Crippen LogP contribution in [0.2, 0.25) is 0 Å². The van der Waals surface area contributed by atoms with Gasteiger partial charge >= 0.3 is 0 Å². The Kier molecular flexibility index (Phi) is 6.18. The monoisotopic (exact) mass is 465 g/mol. The minimum atomic E-state index is -1.51. The maximum atomic E-state index is 13.0. The van der Waals surface area contributed by atoms with Crippen LogP contribution in [-0.4, -0.2) is 33.8 Å². The van der Waals surface area contributed by atoms with Gasteiger partial charge in [0, 0.05) is 17.7 Å². The molecule has 0 saturated carbocycles. The highest BCUT2D eigenvalue weighted by molar-refractivity contribution is 7.86. The van der Waals surface area contributed by atoms with Crippen molar-refractivity contribution in [3.8, 4) is 5.75 Å². The zero-order valence-electron chi connectivity index (χ0n) is 17.5. The molecule has 1 unspecified atom stereocenters. The Bertz CT molecular complexity index is 1280. The van der Waals surface area contributed by atoms with Crippen molar-refractivity contribution in [1.29, 1.82) is 0 Å². The SMILES string of the molecule is COc1ccc([N+](=O)[O-])cc1NC(=O)c1ccc2c(c1)N(Cc1ccccc1)C(=O)CS2=O. The number of hydrogen-bond donors (Lipinski definition) is 1. The molecule has 3 aromatic carbocycles. The van der Waals surface area contributed by atoms with Crippen LogP contribution in [0.25, 0.3) is 0 Å². The van der Waals surface area contributed by atoms with Gasteiger partial charge in [-0.25, -0.2) is 0 Å². The fourth-order valence-electron chi connectivity index (χ4n) is 3.51. The molecule has 1 aliphatic heterocycles. The number of anilines is 2. The van der Waals surface area contributed by atoms with Gasteiger partial charge in [-0.15, -0.1) is 0 Å². The minimum absolute atomic E-state index is 0.129. The highest BCUT2D eigenvalue weighted by Gasteiger charge is 2.30. The van der Waals surface area contributed by atoms with Gasteiger partial charge in [0.15, 0.2) is 0 Å². The average Bonchev–Trinajstić information content (AvgIpc) is 2.82. The lowest BCUT2D eigenvalue weighted by Gasteiger charge is -2.29. The second kappa shape index (κ2) is 9.21. The molecule has 1 heterocycles. The van der Waals surface area contributed by atoms with E-state index in [1.54, 1.807) is 6.07 Å². The van der Waals surface area contributed by atoms with Gasteiger partial charge in [-0.1, -0.05) is 30.3 Å². The van der Waals surface area contributed by atoms with Crippen LogP contribution in [0.1, 0.15) is 15.9 Å². The quantitative estimate of drug-likeness (QED) is 0.440. The Hall–Kier alpha value is -4.05. The summed E-state index contributed by atoms with van der Waals surface area (Å²) in [5.74, 6) is -0.729. The first-order valence-corrected chi connectivity index (χ1v) is 11.2. The lowest BCUT2D eigenvalue weighted by atomic mass is 10.1. The van der Waals surface area contributed by atoms with E-state index in [1.807, 2.05) is 30.3 Å². The lowest BCUT2D eigenvalue weighted by molar-refractivity contribution is -0.384. The number of fused-ring (bicyclic) bond motifs is 1. The van der Waals surface area contributed by atoms with E-state index in [0.29, 0.717) is 10.6 Å². The van der Waals surface area contributed by atoms with Crippen LogP contribution in [-0.2, 0) is 22.1 Å². The molecule has 0 aliphatic carbocycles. The summed E-state index contributed by atoms with van der Waals surface area (Å²) in [5.41, 5.74) is 1.42. The highest BCUT2D eigenvalue weighted by atomic mass is 32.2. The number of nitrogens with one attached hydrogen (secondary N) is 1. The molecule has 0 spiro atoms. The molecule has 9 nitrogen and oxygen atoms in total. The average molecular weight is 465 g/mol. The van der Waals surface area contributed by atoms with Crippen LogP contribution in [0.3, 0.4) is 0 Å². The molecule has 1 atom stereocenters. The van der Waals surface area contributed by atoms with Gasteiger partial charge in [0.2, 0.25) is 5.91 Å². The van der Waals surface area contributed by atoms with E-state index in [0.717, 1.165) is 5.56 Å². The van der Waals surface area contributed by atoms with Crippen LogP contribution in [0, 0.1) is 10.1 Å². The number of hydrogen-bond acceptors (Lipinski definition) is 6. The van der Waals surface area contributed by atoms with Crippen molar-refractivity contribution in [2.75, 3.05) is 23.1 Å². The summed E-state index contributed by atoms with van der Waals surface area (Å²) in [6.45, 7) is 0.271. The first kappa shape index (κ1) is 22.2. The molecule has 2 amide bonds. The van der Waals surface area contributed by atoms with Gasteiger partial charge in [-0.3, -0.25) is 23.9 Å². The maximum Gasteiger partial charge on any atom is 0.271 e. The number of amides is 2. The van der Waals surface area contributed by atoms with Crippen molar-refractivity contribution in [3.63, 3.8) is 0 Å². The zero-order chi connectivity index (χ0) is 23.5. The molecule has 0 fully saturated rings. The predicted molar refractivity (Wildman–Crippen MR) is 123 cm³/mol. The normalized spacial score (nSPS) is 15.0. The number of ether oxygens (including phenoxy) is 1. The third kappa shape index (κ3) is 4.60. The van der Waals surface area contributed by atoms with Gasteiger partial charge < -0.3 is 15.0 Å². The van der Waals surface area contributed by atoms with Gasteiger partial charge in [-0.05, 0) is 29.8 Å². The first-order chi connectivity index (χ1) is 15.9. The van der Waals surface area contributed by atoms with Crippen molar-refractivity contribution >= 4 is 39.7 Å². The molecule has 3 aromatic rings. The van der Waals surface area contributed by atoms with Crippen molar-refractivity contribution in [2.24, 2.45) is 0 Å². The van der Waals surface area contributed by atoms with E-state index in [-0.39, 0.29) is 40.9 Å². The Balaban J connectivity index is 1.67. The van der Waals surface area contributed by atoms with Crippen molar-refractivity contribution in [2.45, 2.75) is 11.4 Å². The maximum absolute atomic E-state index is 13.0. The van der Waals surface area contributed by atoms with E-state index in [9.17, 15) is 23.9 Å². The second-order valence-corrected chi connectivity index (χ2v) is 8.65. The Morgan fingerprint density at radius 3 is 2.61 bits per heavy atom. The van der Waals surface area contributed by atoms with Crippen molar-refractivity contribution in [1.82, 2.24) is 0 Å². The van der Waals surface area contributed by atoms with E-state index in [1.165, 1.54) is 42.3 Å². The molecule has 0 bridgehead atoms. The highest BCUT2D eigenvalue weighted by Crippen LogP contribution is 2.33. The van der Waals surface area contributed by atoms with Crippen molar-refractivity contribution < 1.29 is 23.5 Å². The van der Waals surface area contributed by atoms with Gasteiger partial charge in [0.1, 0.15) is 11.5 Å². The number of benzene rings is 3. The number of nitro groups is 1. The van der Waals surface area contributed by atoms with E-state index < -0.39 is 21.6 Å². The summed E-state index contributed by atoms with van der Waals surface area (Å²) >= 11 is 0. The van der Waals surface area contributed by atoms with Crippen molar-refractivity contribution in [3.05, 3.63) is 88.0 Å². The van der Waals surface area contributed by atoms with E-state index >= 15 is 0 Å². The molecule has 4 rings (SSSR count). The molecular weight excluding hydrogens is 446 g/mol. The number of rotatable bonds is 6. The Morgan fingerprint density at radius 1 is 1.15 bits per heavy atom. The zero-order valence-corrected chi connectivity index (χ0v) is 18.3. The fourth-order valence-corrected chi connectivity index (χ4v) is 4.66. The molecule has 1 N–H and O–H groups in total. The summed E-state index contributed by atoms with van der Waals surface area (Å²) in [4.78, 5) is 38.1. The molecule has 168 valence electrons. The molecule has 0 saturated heterocycles. The minimum Gasteiger partial charge on any atom is -0.495 e. The van der Waals surface area contributed by atoms with Crippen LogP contribution in [0.15, 0.2) is 71.6 Å². The smallest absolute Gasteiger partial charge is 0.271 e. The van der Waals surface area contributed by atoms with E-state index in [4.69, 9.17) is 4.74 Å². The summed E-state index contributed by atoms with van der Waals surface area (Å²) in [5, 5.41) is 13.7. The molecule has 1 aliphatic rings. The number of carbonyl (C=O) groups excluding carboxylic acids is 2. The third-order valence-corrected chi connectivity index (χ3v) is 6.48. The van der Waals surface area contributed by atoms with Crippen LogP contribution < -0.4 is 15.0 Å². The van der Waals surface area contributed by atoms with Crippen LogP contribution in [0.5, 0.6) is 5.75 Å². The molecule has 0 radical (unpaired) electrons. The number of non-ortho nitro benzene ring substituents is 1. The Morgan fingerprint density at radius 2 is 1.91 bits per heavy atom. The molecule has 0 aromatic heterocycles. The van der Waals surface area contributed by atoms with Gasteiger partial charge in [-0.2, -0.15) is 0 Å². The summed E-state index contributed by atoms with van der Waals surface area (Å²) in [6.07, 6.45) is 0. The largest absolute Gasteiger partial charge is 0.495 e. The fraction of sp³-hybridized carbons (Fsp3) is 0.130. The molecular formula is C23H19N3O6S. The van der Waals surface area contributed by atoms with E-state index in [2.05, 4.69) is 5.32 Å². The standard InChI is InChI=1S/C23H19N3O6S/c1-32-20-9-8-17(26(29)30)12-18(20)24-23(28)16-7-10-21-19(11-16)25(22(27)14-33(21)31)13-15-5-3-2-4-6-15/h2-12H,13-14H2,1H3,(H,24,28). The molecule has 33 heavy (non-hydrogen) atoms. The molecule has 10 heteroatoms. The van der Waals surface area contributed by atoms with Crippen LogP contribution >= 0.6 is 0 Å². The summed E-state index contributed by atoms with van der Waals surface area (Å²) < 4.78 is 17.7. The van der Waals surface area contributed by atoms with Gasteiger partial charge in [0.05, 0.1) is 45.6 Å². The second-order valence-electron chi connectivity index (χ2n) is 7.23. The third-order valence-electron chi connectivity index (χ3n) is 5.14. The Labute approximate surface area is 191 Å². The first-order valence-electron chi connectivity index (χ1n) is 9.88. The lowest BCUT2D eigenvalue weighted by Crippen LogP contribution is -2.38. The number of carbonyl (C=O) groups is 2. The number of nitro benzene ring substituents is 1. The summed E-state index contributed by atoms with van der Waals surface area (Å²) in [6, 6.07) is 17.8. The number of nitrogens with zero attached hydrogens (tertiary/aromatic N) is 2. The van der Waals surface area contributed by atoms with Gasteiger partial charge in [0.25, 0.3) is 11.6 Å². The number of methoxy groups -OCH3 is 1. The predicted octanol–water partition coefficient (Wildman–Crippen LogP) is 3.51. The topological polar surface area (TPSA) is 119 Å². The summed E-state index contributed by atoms with van der Waals surface area (Å²) in [7, 11) is -0.128.